The molecule has 4 nitrogen and oxygen atoms in total. The number of hydrogen-bond acceptors (Lipinski definition) is 3. The van der Waals surface area contributed by atoms with Crippen LogP contribution in [-0.2, 0) is 13.5 Å². The van der Waals surface area contributed by atoms with Crippen LogP contribution in [0.4, 0.5) is 0 Å². The second-order valence-corrected chi connectivity index (χ2v) is 4.18. The first-order valence-corrected chi connectivity index (χ1v) is 5.39. The van der Waals surface area contributed by atoms with Crippen molar-refractivity contribution >= 4 is 11.6 Å². The van der Waals surface area contributed by atoms with Gasteiger partial charge >= 0.3 is 0 Å². The molecular weight excluding hydrogens is 224 g/mol. The Kier molecular flexibility index (Phi) is 3.22. The molecule has 0 spiro atoms. The van der Waals surface area contributed by atoms with E-state index < -0.39 is 0 Å². The highest BCUT2D eigenvalue weighted by atomic mass is 35.5. The van der Waals surface area contributed by atoms with E-state index in [1.54, 1.807) is 4.68 Å². The molecule has 0 aliphatic carbocycles. The minimum Gasteiger partial charge on any atom is -0.324 e. The van der Waals surface area contributed by atoms with Crippen molar-refractivity contribution in [3.63, 3.8) is 0 Å². The number of hydrogen-bond donors (Lipinski definition) is 1. The molecule has 1 heterocycles. The second-order valence-electron chi connectivity index (χ2n) is 3.75. The monoisotopic (exact) mass is 236 g/mol. The zero-order valence-electron chi connectivity index (χ0n) is 8.97. The van der Waals surface area contributed by atoms with Crippen LogP contribution in [0.2, 0.25) is 5.02 Å². The summed E-state index contributed by atoms with van der Waals surface area (Å²) < 4.78 is 1.67. The van der Waals surface area contributed by atoms with Gasteiger partial charge in [-0.25, -0.2) is 0 Å². The zero-order valence-corrected chi connectivity index (χ0v) is 9.72. The van der Waals surface area contributed by atoms with Crippen molar-refractivity contribution in [3.8, 4) is 0 Å². The fourth-order valence-corrected chi connectivity index (χ4v) is 1.67. The lowest BCUT2D eigenvalue weighted by Gasteiger charge is -2.09. The van der Waals surface area contributed by atoms with Crippen LogP contribution in [-0.4, -0.2) is 15.0 Å². The lowest BCUT2D eigenvalue weighted by molar-refractivity contribution is 0.694. The molecule has 0 aliphatic rings. The van der Waals surface area contributed by atoms with Gasteiger partial charge in [0.05, 0.1) is 5.69 Å². The lowest BCUT2D eigenvalue weighted by Crippen LogP contribution is -2.13. The van der Waals surface area contributed by atoms with Gasteiger partial charge in [0, 0.05) is 30.7 Å². The summed E-state index contributed by atoms with van der Waals surface area (Å²) in [6.45, 7) is 0. The highest BCUT2D eigenvalue weighted by Crippen LogP contribution is 2.17. The first-order chi connectivity index (χ1) is 7.65. The van der Waals surface area contributed by atoms with Gasteiger partial charge in [-0.1, -0.05) is 28.9 Å². The van der Waals surface area contributed by atoms with Crippen molar-refractivity contribution in [1.29, 1.82) is 0 Å². The Bertz CT molecular complexity index is 463. The summed E-state index contributed by atoms with van der Waals surface area (Å²) in [5, 5.41) is 8.59. The molecule has 0 saturated carbocycles. The summed E-state index contributed by atoms with van der Waals surface area (Å²) in [5.41, 5.74) is 8.01. The molecule has 0 bridgehead atoms. The standard InChI is InChI=1S/C11H13ClN4/c1-16-7-10(14-15-16)6-11(13)8-2-4-9(12)5-3-8/h2-5,7,11H,6,13H2,1H3. The normalized spacial score (nSPS) is 12.7. The molecule has 1 atom stereocenters. The lowest BCUT2D eigenvalue weighted by atomic mass is 10.0. The van der Waals surface area contributed by atoms with Crippen LogP contribution in [0, 0.1) is 0 Å². The van der Waals surface area contributed by atoms with Gasteiger partial charge in [-0.15, -0.1) is 5.10 Å². The van der Waals surface area contributed by atoms with Crippen molar-refractivity contribution < 1.29 is 0 Å². The van der Waals surface area contributed by atoms with Crippen LogP contribution < -0.4 is 5.73 Å². The Morgan fingerprint density at radius 1 is 1.38 bits per heavy atom. The van der Waals surface area contributed by atoms with E-state index in [9.17, 15) is 0 Å². The molecule has 2 N–H and O–H groups in total. The van der Waals surface area contributed by atoms with Gasteiger partial charge in [0.2, 0.25) is 0 Å². The maximum absolute atomic E-state index is 6.07. The summed E-state index contributed by atoms with van der Waals surface area (Å²) in [6.07, 6.45) is 2.55. The Morgan fingerprint density at radius 3 is 2.62 bits per heavy atom. The topological polar surface area (TPSA) is 56.7 Å². The number of nitrogens with two attached hydrogens (primary N) is 1. The molecule has 1 aromatic carbocycles. The van der Waals surface area contributed by atoms with Crippen LogP contribution in [0.3, 0.4) is 0 Å². The molecule has 2 rings (SSSR count). The van der Waals surface area contributed by atoms with Crippen LogP contribution in [0.1, 0.15) is 17.3 Å². The molecule has 5 heteroatoms. The number of rotatable bonds is 3. The third-order valence-corrected chi connectivity index (χ3v) is 2.63. The molecule has 0 amide bonds. The Morgan fingerprint density at radius 2 is 2.06 bits per heavy atom. The quantitative estimate of drug-likeness (QED) is 0.883. The SMILES string of the molecule is Cn1cc(CC(N)c2ccc(Cl)cc2)nn1. The molecule has 0 radical (unpaired) electrons. The predicted molar refractivity (Wildman–Crippen MR) is 63.1 cm³/mol. The predicted octanol–water partition coefficient (Wildman–Crippen LogP) is 1.71. The van der Waals surface area contributed by atoms with E-state index >= 15 is 0 Å². The maximum Gasteiger partial charge on any atom is 0.0845 e. The van der Waals surface area contributed by atoms with E-state index in [4.69, 9.17) is 17.3 Å². The third kappa shape index (κ3) is 2.59. The van der Waals surface area contributed by atoms with Crippen molar-refractivity contribution in [1.82, 2.24) is 15.0 Å². The van der Waals surface area contributed by atoms with Crippen LogP contribution in [0.15, 0.2) is 30.5 Å². The average molecular weight is 237 g/mol. The number of aryl methyl sites for hydroxylation is 1. The van der Waals surface area contributed by atoms with Crippen LogP contribution in [0.25, 0.3) is 0 Å². The van der Waals surface area contributed by atoms with Gasteiger partial charge in [-0.2, -0.15) is 0 Å². The highest BCUT2D eigenvalue weighted by Gasteiger charge is 2.09. The summed E-state index contributed by atoms with van der Waals surface area (Å²) in [5.74, 6) is 0. The minimum atomic E-state index is -0.0750. The van der Waals surface area contributed by atoms with E-state index in [0.717, 1.165) is 16.3 Å². The largest absolute Gasteiger partial charge is 0.324 e. The molecule has 1 unspecified atom stereocenters. The van der Waals surface area contributed by atoms with Gasteiger partial charge < -0.3 is 5.73 Å². The molecular formula is C11H13ClN4. The van der Waals surface area contributed by atoms with E-state index in [1.807, 2.05) is 37.5 Å². The van der Waals surface area contributed by atoms with Crippen LogP contribution >= 0.6 is 11.6 Å². The molecule has 0 aliphatic heterocycles. The van der Waals surface area contributed by atoms with Gasteiger partial charge in [0.25, 0.3) is 0 Å². The number of halogens is 1. The number of aromatic nitrogens is 3. The van der Waals surface area contributed by atoms with E-state index in [-0.39, 0.29) is 6.04 Å². The number of benzene rings is 1. The average Bonchev–Trinajstić information content (AvgIpc) is 2.65. The van der Waals surface area contributed by atoms with Gasteiger partial charge in [0.15, 0.2) is 0 Å². The second kappa shape index (κ2) is 4.63. The highest BCUT2D eigenvalue weighted by molar-refractivity contribution is 6.30. The van der Waals surface area contributed by atoms with Gasteiger partial charge in [-0.05, 0) is 17.7 Å². The van der Waals surface area contributed by atoms with Gasteiger partial charge in [0.1, 0.15) is 0 Å². The zero-order chi connectivity index (χ0) is 11.5. The molecule has 0 saturated heterocycles. The summed E-state index contributed by atoms with van der Waals surface area (Å²) in [7, 11) is 1.84. The molecule has 1 aromatic heterocycles. The summed E-state index contributed by atoms with van der Waals surface area (Å²) >= 11 is 5.81. The maximum atomic E-state index is 6.07. The molecule has 2 aromatic rings. The van der Waals surface area contributed by atoms with Crippen molar-refractivity contribution in [2.24, 2.45) is 12.8 Å². The fraction of sp³-hybridized carbons (Fsp3) is 0.273. The van der Waals surface area contributed by atoms with Crippen molar-refractivity contribution in [3.05, 3.63) is 46.7 Å². The van der Waals surface area contributed by atoms with Crippen LogP contribution in [0.5, 0.6) is 0 Å². The van der Waals surface area contributed by atoms with Crippen molar-refractivity contribution in [2.75, 3.05) is 0 Å². The van der Waals surface area contributed by atoms with E-state index in [2.05, 4.69) is 10.3 Å². The van der Waals surface area contributed by atoms with Crippen molar-refractivity contribution in [2.45, 2.75) is 12.5 Å². The minimum absolute atomic E-state index is 0.0750. The molecule has 84 valence electrons. The Balaban J connectivity index is 2.08. The summed E-state index contributed by atoms with van der Waals surface area (Å²) in [6, 6.07) is 7.47. The summed E-state index contributed by atoms with van der Waals surface area (Å²) in [4.78, 5) is 0. The third-order valence-electron chi connectivity index (χ3n) is 2.38. The first-order valence-electron chi connectivity index (χ1n) is 5.01. The van der Waals surface area contributed by atoms with E-state index in [1.165, 1.54) is 0 Å². The molecule has 0 fully saturated rings. The van der Waals surface area contributed by atoms with Gasteiger partial charge in [-0.3, -0.25) is 4.68 Å². The molecule has 16 heavy (non-hydrogen) atoms. The van der Waals surface area contributed by atoms with E-state index in [0.29, 0.717) is 6.42 Å². The fourth-order valence-electron chi connectivity index (χ4n) is 1.54. The number of nitrogens with zero attached hydrogens (tertiary/aromatic N) is 3. The first kappa shape index (κ1) is 11.1. The smallest absolute Gasteiger partial charge is 0.0845 e. The Hall–Kier alpha value is -1.39. The Labute approximate surface area is 99.0 Å².